The van der Waals surface area contributed by atoms with E-state index in [4.69, 9.17) is 5.73 Å². The van der Waals surface area contributed by atoms with Gasteiger partial charge in [0.1, 0.15) is 0 Å². The maximum Gasteiger partial charge on any atom is 0.224 e. The molecular formula is C10H22N2O. The Bertz CT molecular complexity index is 176. The second kappa shape index (κ2) is 4.61. The van der Waals surface area contributed by atoms with Crippen LogP contribution in [0.2, 0.25) is 0 Å². The van der Waals surface area contributed by atoms with Crippen molar-refractivity contribution < 1.29 is 4.79 Å². The molecule has 1 unspecified atom stereocenters. The van der Waals surface area contributed by atoms with E-state index in [1.54, 1.807) is 0 Å². The minimum Gasteiger partial charge on any atom is -0.369 e. The van der Waals surface area contributed by atoms with E-state index in [-0.39, 0.29) is 5.91 Å². The quantitative estimate of drug-likeness (QED) is 0.676. The predicted octanol–water partition coefficient (Wildman–Crippen LogP) is 1.13. The molecule has 0 fully saturated rings. The van der Waals surface area contributed by atoms with Gasteiger partial charge >= 0.3 is 0 Å². The van der Waals surface area contributed by atoms with E-state index in [9.17, 15) is 4.79 Å². The molecule has 3 N–H and O–H groups in total. The summed E-state index contributed by atoms with van der Waals surface area (Å²) >= 11 is 0. The maximum atomic E-state index is 11.0. The Morgan fingerprint density at radius 2 is 1.85 bits per heavy atom. The van der Waals surface area contributed by atoms with Gasteiger partial charge in [-0.05, 0) is 26.7 Å². The van der Waals surface area contributed by atoms with Crippen LogP contribution in [0.1, 0.15) is 34.6 Å². The predicted molar refractivity (Wildman–Crippen MR) is 55.3 cm³/mol. The molecule has 0 aliphatic carbocycles. The van der Waals surface area contributed by atoms with Gasteiger partial charge in [-0.25, -0.2) is 0 Å². The first kappa shape index (κ1) is 12.4. The van der Waals surface area contributed by atoms with E-state index in [1.165, 1.54) is 0 Å². The molecule has 0 bridgehead atoms. The van der Waals surface area contributed by atoms with Gasteiger partial charge in [-0.1, -0.05) is 13.8 Å². The van der Waals surface area contributed by atoms with Crippen molar-refractivity contribution in [2.75, 3.05) is 6.54 Å². The second-order valence-corrected chi connectivity index (χ2v) is 4.66. The number of hydrogen-bond acceptors (Lipinski definition) is 2. The number of amides is 1. The molecule has 0 aromatic rings. The molecule has 3 nitrogen and oxygen atoms in total. The fourth-order valence-electron chi connectivity index (χ4n) is 0.739. The zero-order chi connectivity index (χ0) is 10.6. The van der Waals surface area contributed by atoms with Gasteiger partial charge in [0, 0.05) is 12.6 Å². The fraction of sp³-hybridized carbons (Fsp3) is 0.900. The van der Waals surface area contributed by atoms with Gasteiger partial charge in [0.25, 0.3) is 0 Å². The Kier molecular flexibility index (Phi) is 4.40. The fourth-order valence-corrected chi connectivity index (χ4v) is 0.739. The highest BCUT2D eigenvalue weighted by molar-refractivity contribution is 5.80. The lowest BCUT2D eigenvalue weighted by Gasteiger charge is -2.25. The third kappa shape index (κ3) is 4.27. The van der Waals surface area contributed by atoms with Gasteiger partial charge in [-0.3, -0.25) is 4.79 Å². The number of hydrogen-bond donors (Lipinski definition) is 2. The summed E-state index contributed by atoms with van der Waals surface area (Å²) < 4.78 is 0. The van der Waals surface area contributed by atoms with Crippen LogP contribution in [-0.2, 0) is 4.79 Å². The van der Waals surface area contributed by atoms with Crippen molar-refractivity contribution >= 4 is 5.91 Å². The van der Waals surface area contributed by atoms with Gasteiger partial charge < -0.3 is 11.1 Å². The molecule has 0 aliphatic heterocycles. The van der Waals surface area contributed by atoms with Crippen LogP contribution in [0.3, 0.4) is 0 Å². The Hall–Kier alpha value is -0.570. The van der Waals surface area contributed by atoms with Crippen LogP contribution in [0.25, 0.3) is 0 Å². The summed E-state index contributed by atoms with van der Waals surface area (Å²) in [5.41, 5.74) is 4.80. The van der Waals surface area contributed by atoms with Crippen molar-refractivity contribution in [2.24, 2.45) is 17.1 Å². The number of primary amides is 1. The number of carbonyl (C=O) groups excluding carboxylic acids is 1. The third-order valence-electron chi connectivity index (χ3n) is 2.53. The summed E-state index contributed by atoms with van der Waals surface area (Å²) in [6.07, 6.45) is 0. The molecule has 0 aromatic carbocycles. The first-order valence-electron chi connectivity index (χ1n) is 4.80. The standard InChI is InChI=1S/C10H22N2O/c1-7(2)8(3)12-6-10(4,5)9(11)13/h7-8,12H,6H2,1-5H3,(H2,11,13). The smallest absolute Gasteiger partial charge is 0.224 e. The van der Waals surface area contributed by atoms with Crippen molar-refractivity contribution in [3.63, 3.8) is 0 Å². The van der Waals surface area contributed by atoms with Gasteiger partial charge in [-0.2, -0.15) is 0 Å². The summed E-state index contributed by atoms with van der Waals surface area (Å²) in [5, 5.41) is 3.30. The monoisotopic (exact) mass is 186 g/mol. The van der Waals surface area contributed by atoms with Crippen LogP contribution >= 0.6 is 0 Å². The average Bonchev–Trinajstić information content (AvgIpc) is 1.99. The molecule has 0 saturated heterocycles. The first-order valence-corrected chi connectivity index (χ1v) is 4.80. The molecular weight excluding hydrogens is 164 g/mol. The average molecular weight is 186 g/mol. The van der Waals surface area contributed by atoms with Crippen LogP contribution in [0.4, 0.5) is 0 Å². The van der Waals surface area contributed by atoms with Gasteiger partial charge in [0.15, 0.2) is 0 Å². The molecule has 0 saturated carbocycles. The first-order chi connectivity index (χ1) is 5.77. The Morgan fingerprint density at radius 1 is 1.38 bits per heavy atom. The molecule has 13 heavy (non-hydrogen) atoms. The zero-order valence-electron chi connectivity index (χ0n) is 9.35. The van der Waals surface area contributed by atoms with Crippen LogP contribution in [0.5, 0.6) is 0 Å². The summed E-state index contributed by atoms with van der Waals surface area (Å²) in [7, 11) is 0. The Morgan fingerprint density at radius 3 is 2.15 bits per heavy atom. The number of carbonyl (C=O) groups is 1. The van der Waals surface area contributed by atoms with E-state index in [1.807, 2.05) is 13.8 Å². The third-order valence-corrected chi connectivity index (χ3v) is 2.53. The van der Waals surface area contributed by atoms with Crippen molar-refractivity contribution in [2.45, 2.75) is 40.7 Å². The van der Waals surface area contributed by atoms with Gasteiger partial charge in [0.2, 0.25) is 5.91 Å². The van der Waals surface area contributed by atoms with Crippen molar-refractivity contribution in [3.8, 4) is 0 Å². The number of nitrogens with two attached hydrogens (primary N) is 1. The SMILES string of the molecule is CC(C)C(C)NCC(C)(C)C(N)=O. The molecule has 1 atom stereocenters. The number of nitrogens with one attached hydrogen (secondary N) is 1. The van der Waals surface area contributed by atoms with Crippen molar-refractivity contribution in [1.29, 1.82) is 0 Å². The molecule has 0 heterocycles. The molecule has 0 radical (unpaired) electrons. The molecule has 0 aromatic heterocycles. The highest BCUT2D eigenvalue weighted by Crippen LogP contribution is 2.13. The molecule has 3 heteroatoms. The van der Waals surface area contributed by atoms with Crippen LogP contribution in [0.15, 0.2) is 0 Å². The zero-order valence-corrected chi connectivity index (χ0v) is 9.35. The second-order valence-electron chi connectivity index (χ2n) is 4.66. The largest absolute Gasteiger partial charge is 0.369 e. The Labute approximate surface area is 81.1 Å². The topological polar surface area (TPSA) is 55.1 Å². The van der Waals surface area contributed by atoms with Gasteiger partial charge in [0.05, 0.1) is 5.41 Å². The Balaban J connectivity index is 3.95. The van der Waals surface area contributed by atoms with E-state index in [2.05, 4.69) is 26.1 Å². The summed E-state index contributed by atoms with van der Waals surface area (Å²) in [4.78, 5) is 11.0. The van der Waals surface area contributed by atoms with Crippen molar-refractivity contribution in [1.82, 2.24) is 5.32 Å². The molecule has 1 amide bonds. The molecule has 0 aliphatic rings. The van der Waals surface area contributed by atoms with E-state index in [0.29, 0.717) is 18.5 Å². The normalized spacial score (nSPS) is 14.6. The summed E-state index contributed by atoms with van der Waals surface area (Å²) in [5.74, 6) is 0.319. The van der Waals surface area contributed by atoms with Crippen LogP contribution in [0, 0.1) is 11.3 Å². The van der Waals surface area contributed by atoms with Crippen LogP contribution < -0.4 is 11.1 Å². The highest BCUT2D eigenvalue weighted by atomic mass is 16.1. The van der Waals surface area contributed by atoms with Crippen molar-refractivity contribution in [3.05, 3.63) is 0 Å². The maximum absolute atomic E-state index is 11.0. The minimum atomic E-state index is -0.455. The van der Waals surface area contributed by atoms with Gasteiger partial charge in [-0.15, -0.1) is 0 Å². The molecule has 0 rings (SSSR count). The van der Waals surface area contributed by atoms with E-state index in [0.717, 1.165) is 0 Å². The lowest BCUT2D eigenvalue weighted by Crippen LogP contribution is -2.44. The number of rotatable bonds is 5. The van der Waals surface area contributed by atoms with E-state index >= 15 is 0 Å². The summed E-state index contributed by atoms with van der Waals surface area (Å²) in [6.45, 7) is 10.8. The van der Waals surface area contributed by atoms with Crippen LogP contribution in [-0.4, -0.2) is 18.5 Å². The van der Waals surface area contributed by atoms with E-state index < -0.39 is 5.41 Å². The lowest BCUT2D eigenvalue weighted by molar-refractivity contribution is -0.125. The summed E-state index contributed by atoms with van der Waals surface area (Å²) in [6, 6.07) is 0.415. The molecule has 0 spiro atoms. The molecule has 78 valence electrons. The lowest BCUT2D eigenvalue weighted by atomic mass is 9.92. The minimum absolute atomic E-state index is 0.254. The highest BCUT2D eigenvalue weighted by Gasteiger charge is 2.25.